The largest absolute Gasteiger partial charge is 0.467 e. The second kappa shape index (κ2) is 8.81. The fraction of sp³-hybridized carbons (Fsp3) is 0.412. The van der Waals surface area contributed by atoms with Crippen molar-refractivity contribution < 1.29 is 23.9 Å². The maximum absolute atomic E-state index is 12.4. The summed E-state index contributed by atoms with van der Waals surface area (Å²) >= 11 is 0. The van der Waals surface area contributed by atoms with Gasteiger partial charge in [0, 0.05) is 6.92 Å². The van der Waals surface area contributed by atoms with Crippen LogP contribution in [0.3, 0.4) is 0 Å². The molecule has 0 spiro atoms. The summed E-state index contributed by atoms with van der Waals surface area (Å²) in [6.07, 6.45) is 0.346. The second-order valence-corrected chi connectivity index (χ2v) is 5.73. The smallest absolute Gasteiger partial charge is 0.328 e. The highest BCUT2D eigenvalue weighted by molar-refractivity contribution is 6.44. The number of carbonyl (C=O) groups is 4. The zero-order chi connectivity index (χ0) is 18.3. The maximum Gasteiger partial charge on any atom is 0.328 e. The summed E-state index contributed by atoms with van der Waals surface area (Å²) in [5.41, 5.74) is 0.294. The van der Waals surface area contributed by atoms with Gasteiger partial charge in [-0.3, -0.25) is 14.4 Å². The molecule has 0 aliphatic carbocycles. The Labute approximate surface area is 140 Å². The van der Waals surface area contributed by atoms with Crippen molar-refractivity contribution >= 4 is 29.3 Å². The van der Waals surface area contributed by atoms with E-state index < -0.39 is 23.7 Å². The van der Waals surface area contributed by atoms with Gasteiger partial charge in [0.1, 0.15) is 6.04 Å². The molecule has 1 aromatic carbocycles. The molecule has 0 saturated heterocycles. The number of rotatable bonds is 7. The summed E-state index contributed by atoms with van der Waals surface area (Å²) < 4.78 is 4.65. The molecule has 0 radical (unpaired) electrons. The number of benzene rings is 1. The molecular formula is C17H22N2O5. The molecule has 1 rings (SSSR count). The number of hydrogen-bond acceptors (Lipinski definition) is 5. The Morgan fingerprint density at radius 3 is 2.29 bits per heavy atom. The van der Waals surface area contributed by atoms with E-state index in [1.807, 2.05) is 13.8 Å². The Hall–Kier alpha value is -2.70. The van der Waals surface area contributed by atoms with Gasteiger partial charge in [0.25, 0.3) is 11.7 Å². The number of esters is 1. The molecule has 0 aromatic heterocycles. The van der Waals surface area contributed by atoms with Crippen molar-refractivity contribution in [2.75, 3.05) is 12.4 Å². The van der Waals surface area contributed by atoms with E-state index in [0.717, 1.165) is 0 Å². The number of nitrogens with one attached hydrogen (secondary N) is 2. The third-order valence-electron chi connectivity index (χ3n) is 3.19. The van der Waals surface area contributed by atoms with Gasteiger partial charge in [-0.2, -0.15) is 0 Å². The van der Waals surface area contributed by atoms with Crippen molar-refractivity contribution in [3.63, 3.8) is 0 Å². The topological polar surface area (TPSA) is 102 Å². The second-order valence-electron chi connectivity index (χ2n) is 5.73. The highest BCUT2D eigenvalue weighted by Crippen LogP contribution is 2.16. The first-order valence-electron chi connectivity index (χ1n) is 7.55. The number of ether oxygens (including phenoxy) is 1. The minimum Gasteiger partial charge on any atom is -0.467 e. The predicted molar refractivity (Wildman–Crippen MR) is 88.5 cm³/mol. The van der Waals surface area contributed by atoms with Crippen molar-refractivity contribution in [1.29, 1.82) is 0 Å². The number of Topliss-reactive ketones (excluding diaryl/α,β-unsaturated/α-hetero) is 1. The monoisotopic (exact) mass is 334 g/mol. The summed E-state index contributed by atoms with van der Waals surface area (Å²) in [5, 5.41) is 4.90. The third-order valence-corrected chi connectivity index (χ3v) is 3.19. The summed E-state index contributed by atoms with van der Waals surface area (Å²) in [6, 6.07) is 5.27. The zero-order valence-corrected chi connectivity index (χ0v) is 14.2. The standard InChI is InChI=1S/C17H22N2O5/c1-10(2)9-14(17(23)24-4)19-16(22)15(21)12-7-5-6-8-13(12)18-11(3)20/h5-8,10,14H,9H2,1-4H3,(H,18,20)(H,19,22)/t14-/m0/s1. The van der Waals surface area contributed by atoms with Crippen molar-refractivity contribution in [2.45, 2.75) is 33.2 Å². The average Bonchev–Trinajstić information content (AvgIpc) is 2.52. The molecule has 24 heavy (non-hydrogen) atoms. The number of hydrogen-bond donors (Lipinski definition) is 2. The van der Waals surface area contributed by atoms with Crippen molar-refractivity contribution in [3.8, 4) is 0 Å². The number of para-hydroxylation sites is 1. The highest BCUT2D eigenvalue weighted by Gasteiger charge is 2.27. The lowest BCUT2D eigenvalue weighted by molar-refractivity contribution is -0.145. The van der Waals surface area contributed by atoms with Crippen LogP contribution in [0.4, 0.5) is 5.69 Å². The van der Waals surface area contributed by atoms with E-state index in [4.69, 9.17) is 0 Å². The Morgan fingerprint density at radius 1 is 1.12 bits per heavy atom. The van der Waals surface area contributed by atoms with E-state index in [0.29, 0.717) is 6.42 Å². The Kier molecular flexibility index (Phi) is 7.10. The summed E-state index contributed by atoms with van der Waals surface area (Å²) in [7, 11) is 1.22. The lowest BCUT2D eigenvalue weighted by atomic mass is 10.0. The Morgan fingerprint density at radius 2 is 1.75 bits per heavy atom. The number of carbonyl (C=O) groups excluding carboxylic acids is 4. The SMILES string of the molecule is COC(=O)[C@H](CC(C)C)NC(=O)C(=O)c1ccccc1NC(C)=O. The maximum atomic E-state index is 12.4. The molecule has 0 heterocycles. The Bertz CT molecular complexity index is 640. The number of anilines is 1. The van der Waals surface area contributed by atoms with E-state index in [-0.39, 0.29) is 23.1 Å². The molecule has 130 valence electrons. The fourth-order valence-electron chi connectivity index (χ4n) is 2.15. The van der Waals surface area contributed by atoms with Crippen LogP contribution < -0.4 is 10.6 Å². The lowest BCUT2D eigenvalue weighted by Crippen LogP contribution is -2.45. The van der Waals surface area contributed by atoms with Crippen LogP contribution in [0.2, 0.25) is 0 Å². The molecule has 7 heteroatoms. The Balaban J connectivity index is 2.96. The van der Waals surface area contributed by atoms with Crippen molar-refractivity contribution in [2.24, 2.45) is 5.92 Å². The molecule has 1 atom stereocenters. The zero-order valence-electron chi connectivity index (χ0n) is 14.2. The molecule has 7 nitrogen and oxygen atoms in total. The van der Waals surface area contributed by atoms with Crippen molar-refractivity contribution in [1.82, 2.24) is 5.32 Å². The molecule has 2 amide bonds. The van der Waals surface area contributed by atoms with Crippen LogP contribution in [-0.4, -0.2) is 36.7 Å². The number of amides is 2. The fourth-order valence-corrected chi connectivity index (χ4v) is 2.15. The third kappa shape index (κ3) is 5.49. The van der Waals surface area contributed by atoms with Gasteiger partial charge >= 0.3 is 5.97 Å². The van der Waals surface area contributed by atoms with Gasteiger partial charge < -0.3 is 15.4 Å². The quantitative estimate of drug-likeness (QED) is 0.447. The minimum atomic E-state index is -0.927. The van der Waals surface area contributed by atoms with E-state index in [1.54, 1.807) is 12.1 Å². The molecule has 0 aliphatic heterocycles. The van der Waals surface area contributed by atoms with E-state index >= 15 is 0 Å². The van der Waals surface area contributed by atoms with Gasteiger partial charge in [-0.15, -0.1) is 0 Å². The van der Waals surface area contributed by atoms with Gasteiger partial charge in [0.15, 0.2) is 0 Å². The normalized spacial score (nSPS) is 11.5. The molecule has 0 aliphatic rings. The average molecular weight is 334 g/mol. The van der Waals surface area contributed by atoms with Crippen LogP contribution in [-0.2, 0) is 19.1 Å². The van der Waals surface area contributed by atoms with Crippen molar-refractivity contribution in [3.05, 3.63) is 29.8 Å². The summed E-state index contributed by atoms with van der Waals surface area (Å²) in [5.74, 6) is -2.61. The van der Waals surface area contributed by atoms with Crippen LogP contribution in [0.5, 0.6) is 0 Å². The first-order chi connectivity index (χ1) is 11.3. The van der Waals surface area contributed by atoms with Gasteiger partial charge in [-0.25, -0.2) is 4.79 Å². The van der Waals surface area contributed by atoms with Crippen LogP contribution >= 0.6 is 0 Å². The van der Waals surface area contributed by atoms with E-state index in [2.05, 4.69) is 15.4 Å². The molecule has 0 bridgehead atoms. The summed E-state index contributed by atoms with van der Waals surface area (Å²) in [6.45, 7) is 5.07. The molecule has 0 fully saturated rings. The number of methoxy groups -OCH3 is 1. The molecular weight excluding hydrogens is 312 g/mol. The van der Waals surface area contributed by atoms with Gasteiger partial charge in [0.2, 0.25) is 5.91 Å². The van der Waals surface area contributed by atoms with Gasteiger partial charge in [-0.05, 0) is 24.5 Å². The molecule has 2 N–H and O–H groups in total. The van der Waals surface area contributed by atoms with Crippen LogP contribution in [0.1, 0.15) is 37.6 Å². The minimum absolute atomic E-state index is 0.0540. The first kappa shape index (κ1) is 19.3. The van der Waals surface area contributed by atoms with E-state index in [1.165, 1.54) is 26.2 Å². The van der Waals surface area contributed by atoms with Crippen LogP contribution in [0.25, 0.3) is 0 Å². The van der Waals surface area contributed by atoms with Gasteiger partial charge in [-0.1, -0.05) is 26.0 Å². The van der Waals surface area contributed by atoms with Crippen LogP contribution in [0, 0.1) is 5.92 Å². The highest BCUT2D eigenvalue weighted by atomic mass is 16.5. The molecule has 0 saturated carbocycles. The van der Waals surface area contributed by atoms with Gasteiger partial charge in [0.05, 0.1) is 18.4 Å². The predicted octanol–water partition coefficient (Wildman–Crippen LogP) is 1.53. The summed E-state index contributed by atoms with van der Waals surface area (Å²) in [4.78, 5) is 47.5. The lowest BCUT2D eigenvalue weighted by Gasteiger charge is -2.18. The van der Waals surface area contributed by atoms with E-state index in [9.17, 15) is 19.2 Å². The molecule has 1 aromatic rings. The first-order valence-corrected chi connectivity index (χ1v) is 7.55. The number of ketones is 1. The van der Waals surface area contributed by atoms with Crippen LogP contribution in [0.15, 0.2) is 24.3 Å². The molecule has 0 unspecified atom stereocenters.